The third kappa shape index (κ3) is 24.2. The Balaban J connectivity index is 1.61. The van der Waals surface area contributed by atoms with Gasteiger partial charge < -0.3 is 9.84 Å². The van der Waals surface area contributed by atoms with E-state index in [-0.39, 0.29) is 0 Å². The minimum Gasteiger partial charge on any atom is -0.508 e. The normalized spacial score (nSPS) is 11.4. The highest BCUT2D eigenvalue weighted by molar-refractivity contribution is 7.99. The van der Waals surface area contributed by atoms with Crippen LogP contribution in [0.2, 0.25) is 0 Å². The summed E-state index contributed by atoms with van der Waals surface area (Å²) in [5, 5.41) is 9.70. The summed E-state index contributed by atoms with van der Waals surface area (Å²) in [7, 11) is 0. The Morgan fingerprint density at radius 1 is 0.447 bits per heavy atom. The second-order valence-electron chi connectivity index (χ2n) is 14.2. The van der Waals surface area contributed by atoms with Gasteiger partial charge in [-0.2, -0.15) is 0 Å². The Hall–Kier alpha value is -1.61. The van der Waals surface area contributed by atoms with Gasteiger partial charge in [0.2, 0.25) is 0 Å². The zero-order valence-electron chi connectivity index (χ0n) is 31.0. The van der Waals surface area contributed by atoms with E-state index in [0.29, 0.717) is 5.75 Å². The number of rotatable bonds is 33. The Kier molecular flexibility index (Phi) is 26.9. The molecule has 0 bridgehead atoms. The fourth-order valence-corrected chi connectivity index (χ4v) is 7.51. The molecular formula is C44H74O2S. The number of hydrogen-bond acceptors (Lipinski definition) is 3. The fraction of sp³-hybridized carbons (Fsp3) is 0.727. The van der Waals surface area contributed by atoms with Crippen molar-refractivity contribution in [2.75, 3.05) is 6.61 Å². The molecule has 0 unspecified atom stereocenters. The summed E-state index contributed by atoms with van der Waals surface area (Å²) < 4.78 is 6.32. The lowest BCUT2D eigenvalue weighted by molar-refractivity contribution is 0.303. The number of unbranched alkanes of at least 4 members (excludes halogenated alkanes) is 26. The molecule has 0 atom stereocenters. The molecule has 2 rings (SSSR count). The van der Waals surface area contributed by atoms with E-state index in [2.05, 4.69) is 32.0 Å². The number of hydrogen-bond donors (Lipinski definition) is 1. The molecule has 1 N–H and O–H groups in total. The first-order valence-corrected chi connectivity index (χ1v) is 21.3. The number of phenolic OH excluding ortho intramolecular Hbond substituents is 1. The van der Waals surface area contributed by atoms with Crippen molar-refractivity contribution in [3.8, 4) is 11.5 Å². The molecule has 0 fully saturated rings. The molecule has 0 aromatic heterocycles. The maximum Gasteiger partial charge on any atom is 0.120 e. The van der Waals surface area contributed by atoms with Crippen LogP contribution in [0.5, 0.6) is 11.5 Å². The lowest BCUT2D eigenvalue weighted by atomic mass is 10.0. The van der Waals surface area contributed by atoms with Crippen LogP contribution in [0.3, 0.4) is 0 Å². The highest BCUT2D eigenvalue weighted by Crippen LogP contribution is 2.33. The van der Waals surface area contributed by atoms with Gasteiger partial charge in [-0.1, -0.05) is 193 Å². The van der Waals surface area contributed by atoms with Crippen molar-refractivity contribution >= 4 is 11.8 Å². The van der Waals surface area contributed by atoms with E-state index in [9.17, 15) is 5.11 Å². The first-order chi connectivity index (χ1) is 23.2. The lowest BCUT2D eigenvalue weighted by Gasteiger charge is -2.12. The largest absolute Gasteiger partial charge is 0.508 e. The first kappa shape index (κ1) is 41.6. The van der Waals surface area contributed by atoms with Gasteiger partial charge in [-0.3, -0.25) is 0 Å². The van der Waals surface area contributed by atoms with Crippen LogP contribution in [0, 0.1) is 0 Å². The third-order valence-electron chi connectivity index (χ3n) is 9.60. The summed E-state index contributed by atoms with van der Waals surface area (Å²) in [5.74, 6) is 1.33. The van der Waals surface area contributed by atoms with Crippen LogP contribution in [-0.4, -0.2) is 11.7 Å². The smallest absolute Gasteiger partial charge is 0.120 e. The molecule has 0 saturated heterocycles. The molecule has 2 nitrogen and oxygen atoms in total. The summed E-state index contributed by atoms with van der Waals surface area (Å²) in [6, 6.07) is 14.4. The fourth-order valence-electron chi connectivity index (χ4n) is 6.58. The quantitative estimate of drug-likeness (QED) is 0.0769. The van der Waals surface area contributed by atoms with Gasteiger partial charge in [0.1, 0.15) is 11.5 Å². The first-order valence-electron chi connectivity index (χ1n) is 20.4. The van der Waals surface area contributed by atoms with E-state index >= 15 is 0 Å². The molecule has 268 valence electrons. The Morgan fingerprint density at radius 2 is 0.851 bits per heavy atom. The van der Waals surface area contributed by atoms with Gasteiger partial charge in [0, 0.05) is 9.79 Å². The van der Waals surface area contributed by atoms with Crippen molar-refractivity contribution in [1.29, 1.82) is 0 Å². The van der Waals surface area contributed by atoms with E-state index < -0.39 is 0 Å². The molecule has 0 spiro atoms. The highest BCUT2D eigenvalue weighted by atomic mass is 32.2. The van der Waals surface area contributed by atoms with Gasteiger partial charge in [-0.15, -0.1) is 0 Å². The maximum absolute atomic E-state index is 9.70. The highest BCUT2D eigenvalue weighted by Gasteiger charge is 2.06. The van der Waals surface area contributed by atoms with Crippen molar-refractivity contribution < 1.29 is 9.84 Å². The lowest BCUT2D eigenvalue weighted by Crippen LogP contribution is -1.99. The van der Waals surface area contributed by atoms with Crippen LogP contribution in [-0.2, 0) is 6.42 Å². The molecule has 0 heterocycles. The van der Waals surface area contributed by atoms with Crippen molar-refractivity contribution in [2.24, 2.45) is 0 Å². The van der Waals surface area contributed by atoms with Gasteiger partial charge >= 0.3 is 0 Å². The Morgan fingerprint density at radius 3 is 1.30 bits per heavy atom. The van der Waals surface area contributed by atoms with Crippen LogP contribution in [0.1, 0.15) is 199 Å². The van der Waals surface area contributed by atoms with Crippen molar-refractivity contribution in [2.45, 2.75) is 210 Å². The summed E-state index contributed by atoms with van der Waals surface area (Å²) in [5.41, 5.74) is 1.39. The zero-order valence-corrected chi connectivity index (χ0v) is 31.8. The van der Waals surface area contributed by atoms with Crippen molar-refractivity contribution in [3.05, 3.63) is 48.0 Å². The third-order valence-corrected chi connectivity index (χ3v) is 10.6. The number of phenols is 1. The number of benzene rings is 2. The number of ether oxygens (including phenoxy) is 1. The molecule has 0 amide bonds. The second kappa shape index (κ2) is 30.4. The molecule has 2 aromatic rings. The molecule has 0 radical (unpaired) electrons. The molecular weight excluding hydrogens is 593 g/mol. The average molecular weight is 667 g/mol. The van der Waals surface area contributed by atoms with Crippen molar-refractivity contribution in [1.82, 2.24) is 0 Å². The van der Waals surface area contributed by atoms with Gasteiger partial charge in [0.25, 0.3) is 0 Å². The van der Waals surface area contributed by atoms with Crippen LogP contribution in [0.15, 0.2) is 52.3 Å². The minimum absolute atomic E-state index is 0.318. The number of aromatic hydroxyl groups is 1. The molecule has 3 heteroatoms. The van der Waals surface area contributed by atoms with Gasteiger partial charge in [0.15, 0.2) is 0 Å². The summed E-state index contributed by atoms with van der Waals surface area (Å²) in [6.45, 7) is 5.40. The van der Waals surface area contributed by atoms with E-state index in [4.69, 9.17) is 4.74 Å². The topological polar surface area (TPSA) is 29.5 Å². The Labute approximate surface area is 296 Å². The average Bonchev–Trinajstić information content (AvgIpc) is 3.07. The van der Waals surface area contributed by atoms with E-state index in [0.717, 1.165) is 30.1 Å². The SMILES string of the molecule is CCCCCCCCCCCCCCCCCc1cc(OCCCCCCCCCCCCCCC)cc(Sc2ccc(O)cc2)c1. The van der Waals surface area contributed by atoms with E-state index in [1.165, 1.54) is 184 Å². The molecule has 0 saturated carbocycles. The summed E-state index contributed by atoms with van der Waals surface area (Å²) in [6.07, 6.45) is 40.0. The van der Waals surface area contributed by atoms with Gasteiger partial charge in [-0.05, 0) is 67.3 Å². The van der Waals surface area contributed by atoms with Crippen LogP contribution in [0.4, 0.5) is 0 Å². The minimum atomic E-state index is 0.318. The maximum atomic E-state index is 9.70. The zero-order chi connectivity index (χ0) is 33.5. The van der Waals surface area contributed by atoms with Crippen LogP contribution in [0.25, 0.3) is 0 Å². The molecule has 0 aliphatic rings. The van der Waals surface area contributed by atoms with Gasteiger partial charge in [0.05, 0.1) is 6.61 Å². The Bertz CT molecular complexity index is 956. The number of aryl methyl sites for hydroxylation is 1. The van der Waals surface area contributed by atoms with Crippen LogP contribution >= 0.6 is 11.8 Å². The second-order valence-corrected chi connectivity index (χ2v) is 15.3. The predicted octanol–water partition coefficient (Wildman–Crippen LogP) is 15.4. The predicted molar refractivity (Wildman–Crippen MR) is 208 cm³/mol. The molecule has 47 heavy (non-hydrogen) atoms. The molecule has 0 aliphatic carbocycles. The summed E-state index contributed by atoms with van der Waals surface area (Å²) >= 11 is 1.76. The van der Waals surface area contributed by atoms with E-state index in [1.807, 2.05) is 12.1 Å². The monoisotopic (exact) mass is 667 g/mol. The van der Waals surface area contributed by atoms with E-state index in [1.54, 1.807) is 23.9 Å². The molecule has 0 aliphatic heterocycles. The molecule has 2 aromatic carbocycles. The van der Waals surface area contributed by atoms with Crippen LogP contribution < -0.4 is 4.74 Å². The standard InChI is InChI=1S/C44H74O2S/c1-3-5-7-9-11-13-15-17-18-19-21-23-25-27-29-31-40-37-42(39-44(38-40)47-43-34-32-41(45)33-35-43)46-36-30-28-26-24-22-20-16-14-12-10-8-6-4-2/h32-35,37-39,45H,3-31,36H2,1-2H3. The van der Waals surface area contributed by atoms with Gasteiger partial charge in [-0.25, -0.2) is 0 Å². The summed E-state index contributed by atoms with van der Waals surface area (Å²) in [4.78, 5) is 2.38. The van der Waals surface area contributed by atoms with Crippen molar-refractivity contribution in [3.63, 3.8) is 0 Å².